The van der Waals surface area contributed by atoms with Gasteiger partial charge < -0.3 is 41.1 Å². The van der Waals surface area contributed by atoms with Gasteiger partial charge >= 0.3 is 0 Å². The van der Waals surface area contributed by atoms with E-state index in [2.05, 4.69) is 26.3 Å². The molecule has 8 rings (SSSR count). The molecule has 0 aliphatic carbocycles. The average Bonchev–Trinajstić information content (AvgIpc) is 4.10. The van der Waals surface area contributed by atoms with Gasteiger partial charge in [-0.1, -0.05) is 80.9 Å². The fourth-order valence-electron chi connectivity index (χ4n) is 9.63. The summed E-state index contributed by atoms with van der Waals surface area (Å²) >= 11 is 1.56. The first-order chi connectivity index (χ1) is 33.4. The predicted molar refractivity (Wildman–Crippen MR) is 268 cm³/mol. The quantitative estimate of drug-likeness (QED) is 0.0651. The number of benzene rings is 4. The van der Waals surface area contributed by atoms with Crippen molar-refractivity contribution in [1.29, 1.82) is 0 Å². The van der Waals surface area contributed by atoms with Crippen molar-refractivity contribution in [1.82, 2.24) is 24.8 Å². The smallest absolute Gasteiger partial charge is 0.250 e. The van der Waals surface area contributed by atoms with E-state index in [0.717, 1.165) is 49.6 Å². The first-order valence-electron chi connectivity index (χ1n) is 23.5. The number of sulfonamides is 1. The van der Waals surface area contributed by atoms with Crippen molar-refractivity contribution in [3.63, 3.8) is 0 Å². The number of aromatic nitrogens is 1. The number of β-amino-alcohol motifs (C(OH)–C–C–N with tert-alkyl or cyclic N) is 1. The van der Waals surface area contributed by atoms with Crippen LogP contribution in [-0.2, 0) is 40.5 Å². The molecule has 0 saturated carbocycles. The van der Waals surface area contributed by atoms with Crippen LogP contribution in [0.1, 0.15) is 68.5 Å². The fraction of sp³-hybridized carbons (Fsp3) is 0.404. The van der Waals surface area contributed by atoms with E-state index in [1.807, 2.05) is 68.4 Å². The number of ether oxygens (including phenoxy) is 1. The van der Waals surface area contributed by atoms with Crippen LogP contribution in [0.25, 0.3) is 21.6 Å². The number of rotatable bonds is 16. The Morgan fingerprint density at radius 1 is 0.943 bits per heavy atom. The second-order valence-corrected chi connectivity index (χ2v) is 22.2. The molecule has 4 amide bonds. The van der Waals surface area contributed by atoms with E-state index in [0.29, 0.717) is 18.7 Å². The van der Waals surface area contributed by atoms with E-state index >= 15 is 0 Å². The minimum Gasteiger partial charge on any atom is -0.394 e. The number of aryl methyl sites for hydroxylation is 2. The lowest BCUT2D eigenvalue weighted by molar-refractivity contribution is -0.144. The number of hydrogen-bond acceptors (Lipinski definition) is 12. The van der Waals surface area contributed by atoms with E-state index in [4.69, 9.17) is 4.74 Å². The Kier molecular flexibility index (Phi) is 15.2. The van der Waals surface area contributed by atoms with Crippen LogP contribution >= 0.6 is 11.3 Å². The monoisotopic (exact) mass is 991 g/mol. The Hall–Kier alpha value is -6.02. The van der Waals surface area contributed by atoms with Crippen LogP contribution in [0.4, 0.5) is 11.4 Å². The molecule has 3 aliphatic rings. The normalized spacial score (nSPS) is 20.5. The predicted octanol–water partition coefficient (Wildman–Crippen LogP) is 5.79. The number of hydrogen-bond donors (Lipinski definition) is 6. The van der Waals surface area contributed by atoms with Gasteiger partial charge in [0.1, 0.15) is 18.7 Å². The Balaban J connectivity index is 0.839. The maximum Gasteiger partial charge on any atom is 0.250 e. The summed E-state index contributed by atoms with van der Waals surface area (Å²) in [7, 11) is -3.85. The number of amides is 4. The molecule has 3 aliphatic heterocycles. The van der Waals surface area contributed by atoms with Crippen LogP contribution in [0.2, 0.25) is 0 Å². The SMILES string of the molecule is Cc1ccc(S(=O)(=O)N2CC[C@@H]3[C@H](CO)Nc4ccc(-c5cccc(NC(=O)COCCC(=O)N[C@H](C(=O)N6C[C@H](O)C[C@H]6C(=O)NCc6ccc(-c7scnc7C)cc6)C(C)(C)C)c5)cc4[C@@H]32)cc1. The highest BCUT2D eigenvalue weighted by Crippen LogP contribution is 2.49. The number of aliphatic hydroxyl groups excluding tert-OH is 2. The van der Waals surface area contributed by atoms with E-state index in [9.17, 15) is 37.8 Å². The molecule has 1 aromatic heterocycles. The largest absolute Gasteiger partial charge is 0.394 e. The molecule has 370 valence electrons. The summed E-state index contributed by atoms with van der Waals surface area (Å²) in [6, 6.07) is 24.9. The third-order valence-electron chi connectivity index (χ3n) is 13.3. The first kappa shape index (κ1) is 50.4. The number of nitrogens with zero attached hydrogens (tertiary/aromatic N) is 3. The lowest BCUT2D eigenvalue weighted by atomic mass is 9.82. The molecular formula is C52H61N7O9S2. The number of thiazole rings is 1. The molecule has 2 fully saturated rings. The molecule has 6 N–H and O–H groups in total. The van der Waals surface area contributed by atoms with Gasteiger partial charge in [-0.05, 0) is 89.9 Å². The molecule has 5 aromatic rings. The second-order valence-electron chi connectivity index (χ2n) is 19.4. The van der Waals surface area contributed by atoms with Gasteiger partial charge in [0.25, 0.3) is 0 Å². The third kappa shape index (κ3) is 11.1. The van der Waals surface area contributed by atoms with Gasteiger partial charge in [0.05, 0.1) is 52.4 Å². The first-order valence-corrected chi connectivity index (χ1v) is 25.9. The highest BCUT2D eigenvalue weighted by molar-refractivity contribution is 7.89. The lowest BCUT2D eigenvalue weighted by Crippen LogP contribution is -2.57. The van der Waals surface area contributed by atoms with Gasteiger partial charge in [-0.15, -0.1) is 11.3 Å². The third-order valence-corrected chi connectivity index (χ3v) is 16.2. The number of anilines is 2. The van der Waals surface area contributed by atoms with Gasteiger partial charge in [0.2, 0.25) is 33.7 Å². The summed E-state index contributed by atoms with van der Waals surface area (Å²) in [6.45, 7) is 9.18. The summed E-state index contributed by atoms with van der Waals surface area (Å²) in [5.41, 5.74) is 8.52. The van der Waals surface area contributed by atoms with Gasteiger partial charge in [0.15, 0.2) is 0 Å². The highest BCUT2D eigenvalue weighted by atomic mass is 32.2. The molecule has 4 aromatic carbocycles. The van der Waals surface area contributed by atoms with Crippen LogP contribution in [0.3, 0.4) is 0 Å². The van der Waals surface area contributed by atoms with Crippen LogP contribution < -0.4 is 21.3 Å². The molecule has 0 bridgehead atoms. The van der Waals surface area contributed by atoms with E-state index in [1.165, 1.54) is 4.90 Å². The van der Waals surface area contributed by atoms with Crippen molar-refractivity contribution < 1.29 is 42.5 Å². The topological polar surface area (TPSA) is 220 Å². The Morgan fingerprint density at radius 3 is 2.37 bits per heavy atom. The highest BCUT2D eigenvalue weighted by Gasteiger charge is 2.49. The minimum atomic E-state index is -3.85. The van der Waals surface area contributed by atoms with E-state index in [-0.39, 0.29) is 62.6 Å². The lowest BCUT2D eigenvalue weighted by Gasteiger charge is -2.39. The average molecular weight is 992 g/mol. The molecule has 0 spiro atoms. The van der Waals surface area contributed by atoms with E-state index < -0.39 is 63.3 Å². The molecule has 2 saturated heterocycles. The summed E-state index contributed by atoms with van der Waals surface area (Å²) in [6.07, 6.45) is -0.406. The molecular weight excluding hydrogens is 931 g/mol. The summed E-state index contributed by atoms with van der Waals surface area (Å²) in [4.78, 5) is 60.9. The number of fused-ring (bicyclic) bond motifs is 3. The number of aliphatic hydroxyl groups is 2. The zero-order chi connectivity index (χ0) is 49.9. The Morgan fingerprint density at radius 2 is 1.67 bits per heavy atom. The van der Waals surface area contributed by atoms with Gasteiger partial charge in [-0.3, -0.25) is 19.2 Å². The summed E-state index contributed by atoms with van der Waals surface area (Å²) in [5.74, 6) is -1.96. The molecule has 70 heavy (non-hydrogen) atoms. The maximum atomic E-state index is 14.1. The summed E-state index contributed by atoms with van der Waals surface area (Å²) < 4.78 is 35.2. The molecule has 6 atom stereocenters. The summed E-state index contributed by atoms with van der Waals surface area (Å²) in [5, 5.41) is 32.9. The number of nitrogens with one attached hydrogen (secondary N) is 4. The van der Waals surface area contributed by atoms with Crippen LogP contribution in [-0.4, -0.2) is 114 Å². The maximum absolute atomic E-state index is 14.1. The molecule has 18 heteroatoms. The molecule has 0 unspecified atom stereocenters. The number of likely N-dealkylation sites (tertiary alicyclic amines) is 1. The van der Waals surface area contributed by atoms with Crippen molar-refractivity contribution in [2.75, 3.05) is 43.5 Å². The zero-order valence-electron chi connectivity index (χ0n) is 40.0. The second kappa shape index (κ2) is 21.1. The fourth-order valence-corrected chi connectivity index (χ4v) is 12.1. The van der Waals surface area contributed by atoms with Crippen LogP contribution in [0.5, 0.6) is 0 Å². The van der Waals surface area contributed by atoms with Crippen molar-refractivity contribution >= 4 is 56.4 Å². The minimum absolute atomic E-state index is 0.0545. The molecule has 16 nitrogen and oxygen atoms in total. The van der Waals surface area contributed by atoms with Crippen molar-refractivity contribution in [3.8, 4) is 21.6 Å². The Bertz CT molecular complexity index is 2830. The van der Waals surface area contributed by atoms with Crippen molar-refractivity contribution in [2.24, 2.45) is 11.3 Å². The van der Waals surface area contributed by atoms with Crippen molar-refractivity contribution in [2.45, 2.75) is 95.6 Å². The van der Waals surface area contributed by atoms with Crippen LogP contribution in [0.15, 0.2) is 101 Å². The van der Waals surface area contributed by atoms with E-state index in [1.54, 1.807) is 78.3 Å². The van der Waals surface area contributed by atoms with Gasteiger partial charge in [0, 0.05) is 49.8 Å². The standard InChI is InChI=1S/C52H61N7O9S2/c1-31-9-16-39(17-10-31)70(66,67)59-21-19-40-43(28-60)56-42-18-15-36(24-41(42)47(40)59)35-7-6-8-37(23-35)55-46(63)29-68-22-20-45(62)57-49(52(3,4)5)51(65)58-27-38(61)25-44(58)50(64)53-26-33-11-13-34(14-12-33)48-32(2)54-30-69-48/h6-18,23-24,30,38,40,43-44,47,49,56,60-61H,19-22,25-29H2,1-5H3,(H,53,64)(H,55,63)(H,57,62)/t38-,40-,43+,44+,47-,49-/m1/s1. The van der Waals surface area contributed by atoms with Gasteiger partial charge in [-0.2, -0.15) is 4.31 Å². The van der Waals surface area contributed by atoms with Gasteiger partial charge in [-0.25, -0.2) is 13.4 Å². The molecule has 0 radical (unpaired) electrons. The number of carbonyl (C=O) groups excluding carboxylic acids is 4. The zero-order valence-corrected chi connectivity index (χ0v) is 41.6. The van der Waals surface area contributed by atoms with Crippen LogP contribution in [0, 0.1) is 25.2 Å². The molecule has 4 heterocycles. The number of carbonyl (C=O) groups is 4. The van der Waals surface area contributed by atoms with Crippen molar-refractivity contribution in [3.05, 3.63) is 119 Å². The Labute approximate surface area is 412 Å².